The summed E-state index contributed by atoms with van der Waals surface area (Å²) in [6.07, 6.45) is 3.86. The lowest BCUT2D eigenvalue weighted by atomic mass is 10.1. The monoisotopic (exact) mass is 534 g/mol. The molecule has 2 heterocycles. The number of halogens is 1. The molecule has 1 atom stereocenters. The first-order chi connectivity index (χ1) is 17.2. The summed E-state index contributed by atoms with van der Waals surface area (Å²) in [6.45, 7) is 4.52. The van der Waals surface area contributed by atoms with E-state index in [-0.39, 0.29) is 35.5 Å². The minimum atomic E-state index is -4.13. The van der Waals surface area contributed by atoms with E-state index < -0.39 is 22.2 Å². The fourth-order valence-corrected chi connectivity index (χ4v) is 6.56. The molecule has 1 aromatic carbocycles. The predicted octanol–water partition coefficient (Wildman–Crippen LogP) is 4.04. The molecule has 0 amide bonds. The van der Waals surface area contributed by atoms with Gasteiger partial charge in [0.2, 0.25) is 4.34 Å². The maximum Gasteiger partial charge on any atom is 0.358 e. The lowest BCUT2D eigenvalue weighted by Gasteiger charge is -2.26. The molecule has 0 saturated carbocycles. The summed E-state index contributed by atoms with van der Waals surface area (Å²) >= 11 is 0.995. The third-order valence-electron chi connectivity index (χ3n) is 5.53. The molecule has 0 fully saturated rings. The summed E-state index contributed by atoms with van der Waals surface area (Å²) in [5.41, 5.74) is 3.41. The second kappa shape index (κ2) is 10.9. The van der Waals surface area contributed by atoms with Gasteiger partial charge in [0, 0.05) is 11.1 Å². The molecule has 192 valence electrons. The number of thiazole rings is 1. The quantitative estimate of drug-likeness (QED) is 0.358. The number of carbonyl (C=O) groups excluding carboxylic acids is 1. The fraction of sp³-hybridized carbons (Fsp3) is 0.417. The summed E-state index contributed by atoms with van der Waals surface area (Å²) in [5.74, 6) is -0.276. The number of aromatic nitrogens is 3. The van der Waals surface area contributed by atoms with Gasteiger partial charge in [-0.25, -0.2) is 19.2 Å². The number of aryl methyl sites for hydroxylation is 3. The average molecular weight is 535 g/mol. The van der Waals surface area contributed by atoms with E-state index in [1.807, 2.05) is 6.07 Å². The summed E-state index contributed by atoms with van der Waals surface area (Å²) in [5, 5.41) is 1.64. The third kappa shape index (κ3) is 5.65. The van der Waals surface area contributed by atoms with Crippen molar-refractivity contribution in [2.24, 2.45) is 0 Å². The molecule has 1 aliphatic carbocycles. The Labute approximate surface area is 213 Å². The van der Waals surface area contributed by atoms with Crippen LogP contribution in [0.5, 0.6) is 5.75 Å². The van der Waals surface area contributed by atoms with Crippen LogP contribution in [0.1, 0.15) is 53.3 Å². The molecule has 3 aromatic rings. The third-order valence-corrected chi connectivity index (χ3v) is 8.66. The Hall–Kier alpha value is -3.12. The van der Waals surface area contributed by atoms with E-state index in [4.69, 9.17) is 9.47 Å². The van der Waals surface area contributed by atoms with Crippen LogP contribution >= 0.6 is 11.3 Å². The molecule has 0 spiro atoms. The van der Waals surface area contributed by atoms with Crippen molar-refractivity contribution >= 4 is 33.0 Å². The Bertz CT molecular complexity index is 1340. The first-order valence-corrected chi connectivity index (χ1v) is 13.9. The molecule has 1 aliphatic rings. The SMILES string of the molecule is CCOC(=O)c1cnc(COc2cc3c(cc2N(CC(C)F)S(=O)(=O)c2nc(C)cs2)CCC3)cn1. The number of hydrogen-bond acceptors (Lipinski definition) is 9. The number of esters is 1. The largest absolute Gasteiger partial charge is 0.485 e. The number of nitrogens with zero attached hydrogens (tertiary/aromatic N) is 4. The molecule has 4 rings (SSSR count). The molecule has 0 saturated heterocycles. The van der Waals surface area contributed by atoms with Crippen LogP contribution < -0.4 is 9.04 Å². The van der Waals surface area contributed by atoms with E-state index in [2.05, 4.69) is 15.0 Å². The van der Waals surface area contributed by atoms with Crippen molar-refractivity contribution in [2.45, 2.75) is 57.2 Å². The Morgan fingerprint density at radius 1 is 1.22 bits per heavy atom. The molecule has 0 radical (unpaired) electrons. The number of ether oxygens (including phenoxy) is 2. The molecule has 9 nitrogen and oxygen atoms in total. The Morgan fingerprint density at radius 2 is 1.97 bits per heavy atom. The van der Waals surface area contributed by atoms with Gasteiger partial charge in [0.1, 0.15) is 18.5 Å². The highest BCUT2D eigenvalue weighted by Crippen LogP contribution is 2.39. The van der Waals surface area contributed by atoms with Crippen LogP contribution in [0.15, 0.2) is 34.2 Å². The van der Waals surface area contributed by atoms with E-state index in [0.717, 1.165) is 46.0 Å². The minimum Gasteiger partial charge on any atom is -0.485 e. The van der Waals surface area contributed by atoms with Gasteiger partial charge in [-0.1, -0.05) is 0 Å². The van der Waals surface area contributed by atoms with Gasteiger partial charge in [-0.3, -0.25) is 9.29 Å². The van der Waals surface area contributed by atoms with E-state index in [0.29, 0.717) is 17.1 Å². The Morgan fingerprint density at radius 3 is 2.58 bits per heavy atom. The number of anilines is 1. The molecule has 2 aromatic heterocycles. The van der Waals surface area contributed by atoms with Crippen LogP contribution in [0.4, 0.5) is 10.1 Å². The predicted molar refractivity (Wildman–Crippen MR) is 133 cm³/mol. The Balaban J connectivity index is 1.68. The van der Waals surface area contributed by atoms with Gasteiger partial charge in [0.15, 0.2) is 5.69 Å². The summed E-state index contributed by atoms with van der Waals surface area (Å²) < 4.78 is 53.3. The first kappa shape index (κ1) is 26.0. The highest BCUT2D eigenvalue weighted by atomic mass is 32.2. The van der Waals surface area contributed by atoms with Gasteiger partial charge in [0.05, 0.1) is 36.9 Å². The van der Waals surface area contributed by atoms with E-state index in [9.17, 15) is 17.6 Å². The number of fused-ring (bicyclic) bond motifs is 1. The molecular formula is C24H27FN4O5S2. The van der Waals surface area contributed by atoms with E-state index in [1.165, 1.54) is 19.3 Å². The van der Waals surface area contributed by atoms with Crippen LogP contribution in [-0.2, 0) is 34.2 Å². The number of rotatable bonds is 10. The number of hydrogen-bond donors (Lipinski definition) is 0. The van der Waals surface area contributed by atoms with Crippen molar-refractivity contribution in [3.63, 3.8) is 0 Å². The lowest BCUT2D eigenvalue weighted by Crippen LogP contribution is -2.36. The normalized spacial score (nSPS) is 13.8. The zero-order valence-corrected chi connectivity index (χ0v) is 21.9. The first-order valence-electron chi connectivity index (χ1n) is 11.5. The van der Waals surface area contributed by atoms with Crippen LogP contribution in [0.3, 0.4) is 0 Å². The van der Waals surface area contributed by atoms with Crippen LogP contribution in [-0.4, -0.2) is 48.7 Å². The van der Waals surface area contributed by atoms with Crippen molar-refractivity contribution in [3.8, 4) is 5.75 Å². The standard InChI is InChI=1S/C24H27FN4O5S2/c1-4-33-23(30)20-11-26-19(10-27-20)13-34-22-9-18-7-5-6-17(18)8-21(22)29(12-15(2)25)36(31,32)24-28-16(3)14-35-24/h8-11,14-15H,4-7,12-13H2,1-3H3. The summed E-state index contributed by atoms with van der Waals surface area (Å²) in [6, 6.07) is 3.59. The molecule has 12 heteroatoms. The van der Waals surface area contributed by atoms with Crippen molar-refractivity contribution < 1.29 is 27.1 Å². The van der Waals surface area contributed by atoms with Gasteiger partial charge in [-0.05, 0) is 63.3 Å². The topological polar surface area (TPSA) is 112 Å². The number of carbonyl (C=O) groups is 1. The van der Waals surface area contributed by atoms with Crippen molar-refractivity contribution in [3.05, 3.63) is 58.1 Å². The van der Waals surface area contributed by atoms with Gasteiger partial charge < -0.3 is 9.47 Å². The highest BCUT2D eigenvalue weighted by molar-refractivity contribution is 7.94. The van der Waals surface area contributed by atoms with Crippen LogP contribution in [0, 0.1) is 6.92 Å². The zero-order valence-electron chi connectivity index (χ0n) is 20.2. The second-order valence-electron chi connectivity index (χ2n) is 8.42. The molecule has 1 unspecified atom stereocenters. The van der Waals surface area contributed by atoms with Crippen LogP contribution in [0.2, 0.25) is 0 Å². The average Bonchev–Trinajstić information content (AvgIpc) is 3.49. The van der Waals surface area contributed by atoms with Gasteiger partial charge >= 0.3 is 5.97 Å². The maximum atomic E-state index is 14.3. The van der Waals surface area contributed by atoms with Gasteiger partial charge in [-0.2, -0.15) is 8.42 Å². The van der Waals surface area contributed by atoms with Gasteiger partial charge in [-0.15, -0.1) is 11.3 Å². The molecule has 0 aliphatic heterocycles. The fourth-order valence-electron chi connectivity index (χ4n) is 3.89. The van der Waals surface area contributed by atoms with Gasteiger partial charge in [0.25, 0.3) is 10.0 Å². The van der Waals surface area contributed by atoms with E-state index in [1.54, 1.807) is 25.3 Å². The van der Waals surface area contributed by atoms with Crippen molar-refractivity contribution in [2.75, 3.05) is 17.5 Å². The Kier molecular flexibility index (Phi) is 7.84. The number of sulfonamides is 1. The number of benzene rings is 1. The highest BCUT2D eigenvalue weighted by Gasteiger charge is 2.32. The maximum absolute atomic E-state index is 14.3. The van der Waals surface area contributed by atoms with E-state index >= 15 is 0 Å². The smallest absolute Gasteiger partial charge is 0.358 e. The lowest BCUT2D eigenvalue weighted by molar-refractivity contribution is 0.0518. The molecule has 36 heavy (non-hydrogen) atoms. The molecule has 0 bridgehead atoms. The molecule has 0 N–H and O–H groups in total. The van der Waals surface area contributed by atoms with Crippen LogP contribution in [0.25, 0.3) is 0 Å². The zero-order chi connectivity index (χ0) is 25.9. The minimum absolute atomic E-state index is 0.0304. The second-order valence-corrected chi connectivity index (χ2v) is 11.3. The van der Waals surface area contributed by atoms with Crippen molar-refractivity contribution in [1.82, 2.24) is 15.0 Å². The number of alkyl halides is 1. The van der Waals surface area contributed by atoms with Crippen molar-refractivity contribution in [1.29, 1.82) is 0 Å². The summed E-state index contributed by atoms with van der Waals surface area (Å²) in [4.78, 5) is 24.2. The molecular weight excluding hydrogens is 507 g/mol. The summed E-state index contributed by atoms with van der Waals surface area (Å²) in [7, 11) is -4.13.